The van der Waals surface area contributed by atoms with Crippen molar-refractivity contribution in [2.24, 2.45) is 0 Å². The fourth-order valence-corrected chi connectivity index (χ4v) is 2.93. The zero-order chi connectivity index (χ0) is 11.5. The minimum absolute atomic E-state index is 0.284. The molecule has 0 aliphatic carbocycles. The number of piperidine rings is 1. The van der Waals surface area contributed by atoms with Crippen molar-refractivity contribution in [2.75, 3.05) is 39.8 Å². The van der Waals surface area contributed by atoms with Crippen LogP contribution in [-0.2, 0) is 0 Å². The molecule has 0 radical (unpaired) electrons. The summed E-state index contributed by atoms with van der Waals surface area (Å²) in [6, 6.07) is 1.56. The van der Waals surface area contributed by atoms with E-state index in [1.54, 1.807) is 0 Å². The molecule has 2 N–H and O–H groups in total. The molecule has 4 nitrogen and oxygen atoms in total. The van der Waals surface area contributed by atoms with E-state index in [0.29, 0.717) is 18.1 Å². The predicted molar refractivity (Wildman–Crippen MR) is 65.6 cm³/mol. The van der Waals surface area contributed by atoms with Crippen molar-refractivity contribution >= 4 is 0 Å². The monoisotopic (exact) mass is 227 g/mol. The van der Waals surface area contributed by atoms with Gasteiger partial charge in [-0.2, -0.15) is 0 Å². The van der Waals surface area contributed by atoms with Gasteiger partial charge < -0.3 is 15.3 Å². The molecule has 2 aliphatic rings. The molecule has 0 aromatic heterocycles. The summed E-state index contributed by atoms with van der Waals surface area (Å²) in [6.07, 6.45) is 2.50. The highest BCUT2D eigenvalue weighted by Crippen LogP contribution is 2.20. The van der Waals surface area contributed by atoms with Gasteiger partial charge in [0.15, 0.2) is 0 Å². The van der Waals surface area contributed by atoms with Crippen molar-refractivity contribution in [1.29, 1.82) is 0 Å². The van der Waals surface area contributed by atoms with Crippen LogP contribution >= 0.6 is 0 Å². The number of piperazine rings is 1. The fraction of sp³-hybridized carbons (Fsp3) is 1.00. The summed E-state index contributed by atoms with van der Waals surface area (Å²) in [7, 11) is 2.19. The maximum atomic E-state index is 9.44. The molecule has 2 fully saturated rings. The van der Waals surface area contributed by atoms with Gasteiger partial charge in [0.2, 0.25) is 0 Å². The molecule has 2 saturated heterocycles. The Hall–Kier alpha value is -0.160. The minimum Gasteiger partial charge on any atom is -0.395 e. The number of hydrogen-bond donors (Lipinski definition) is 2. The summed E-state index contributed by atoms with van der Waals surface area (Å²) < 4.78 is 0. The van der Waals surface area contributed by atoms with E-state index in [9.17, 15) is 5.11 Å². The summed E-state index contributed by atoms with van der Waals surface area (Å²) in [5.41, 5.74) is 0. The van der Waals surface area contributed by atoms with E-state index in [4.69, 9.17) is 0 Å². The molecule has 0 aromatic rings. The van der Waals surface area contributed by atoms with E-state index >= 15 is 0 Å². The Labute approximate surface area is 98.6 Å². The van der Waals surface area contributed by atoms with Crippen molar-refractivity contribution in [3.8, 4) is 0 Å². The highest BCUT2D eigenvalue weighted by atomic mass is 16.3. The largest absolute Gasteiger partial charge is 0.395 e. The van der Waals surface area contributed by atoms with Gasteiger partial charge in [-0.25, -0.2) is 0 Å². The van der Waals surface area contributed by atoms with Crippen molar-refractivity contribution in [1.82, 2.24) is 15.1 Å². The lowest BCUT2D eigenvalue weighted by molar-refractivity contribution is 0.0237. The summed E-state index contributed by atoms with van der Waals surface area (Å²) in [6.45, 7) is 6.92. The second kappa shape index (κ2) is 5.45. The molecule has 0 saturated carbocycles. The van der Waals surface area contributed by atoms with Crippen LogP contribution in [0.3, 0.4) is 0 Å². The molecule has 2 unspecified atom stereocenters. The van der Waals surface area contributed by atoms with Crippen LogP contribution in [0.25, 0.3) is 0 Å². The van der Waals surface area contributed by atoms with Crippen LogP contribution in [-0.4, -0.2) is 72.9 Å². The number of rotatable bonds is 2. The second-order valence-corrected chi connectivity index (χ2v) is 5.38. The second-order valence-electron chi connectivity index (χ2n) is 5.38. The fourth-order valence-electron chi connectivity index (χ4n) is 2.93. The van der Waals surface area contributed by atoms with Gasteiger partial charge in [-0.1, -0.05) is 0 Å². The number of nitrogens with one attached hydrogen (secondary N) is 1. The topological polar surface area (TPSA) is 38.7 Å². The Kier molecular flexibility index (Phi) is 4.19. The van der Waals surface area contributed by atoms with Gasteiger partial charge in [-0.3, -0.25) is 4.90 Å². The van der Waals surface area contributed by atoms with Crippen molar-refractivity contribution in [3.05, 3.63) is 0 Å². The van der Waals surface area contributed by atoms with Gasteiger partial charge in [-0.15, -0.1) is 0 Å². The zero-order valence-corrected chi connectivity index (χ0v) is 10.5. The van der Waals surface area contributed by atoms with Gasteiger partial charge >= 0.3 is 0 Å². The lowest BCUT2D eigenvalue weighted by Crippen LogP contribution is -2.61. The van der Waals surface area contributed by atoms with Crippen LogP contribution < -0.4 is 5.32 Å². The SMILES string of the molecule is CC1CN(C2CCN(C)CC2)C(CO)CN1. The maximum Gasteiger partial charge on any atom is 0.0599 e. The van der Waals surface area contributed by atoms with Crippen LogP contribution in [0.4, 0.5) is 0 Å². The zero-order valence-electron chi connectivity index (χ0n) is 10.5. The van der Waals surface area contributed by atoms with E-state index < -0.39 is 0 Å². The van der Waals surface area contributed by atoms with Gasteiger partial charge in [0.05, 0.1) is 6.61 Å². The minimum atomic E-state index is 0.284. The van der Waals surface area contributed by atoms with E-state index in [1.165, 1.54) is 25.9 Å². The van der Waals surface area contributed by atoms with E-state index in [1.807, 2.05) is 0 Å². The van der Waals surface area contributed by atoms with E-state index in [0.717, 1.165) is 13.1 Å². The maximum absolute atomic E-state index is 9.44. The molecule has 0 aromatic carbocycles. The normalized spacial score (nSPS) is 35.4. The number of aliphatic hydroxyl groups excluding tert-OH is 1. The predicted octanol–water partition coefficient (Wildman–Crippen LogP) is -0.265. The third-order valence-corrected chi connectivity index (χ3v) is 4.02. The van der Waals surface area contributed by atoms with Crippen LogP contribution in [0.5, 0.6) is 0 Å². The number of nitrogens with zero attached hydrogens (tertiary/aromatic N) is 2. The Morgan fingerprint density at radius 3 is 2.62 bits per heavy atom. The lowest BCUT2D eigenvalue weighted by atomic mass is 9.99. The molecular formula is C12H25N3O. The molecular weight excluding hydrogens is 202 g/mol. The first-order valence-electron chi connectivity index (χ1n) is 6.49. The Bertz CT molecular complexity index is 216. The van der Waals surface area contributed by atoms with Crippen molar-refractivity contribution < 1.29 is 5.11 Å². The number of aliphatic hydroxyl groups is 1. The molecule has 0 bridgehead atoms. The van der Waals surface area contributed by atoms with E-state index in [2.05, 4.69) is 29.1 Å². The van der Waals surface area contributed by atoms with Gasteiger partial charge in [-0.05, 0) is 39.9 Å². The Morgan fingerprint density at radius 2 is 2.00 bits per heavy atom. The van der Waals surface area contributed by atoms with Crippen LogP contribution in [0, 0.1) is 0 Å². The van der Waals surface area contributed by atoms with Crippen molar-refractivity contribution in [3.63, 3.8) is 0 Å². The smallest absolute Gasteiger partial charge is 0.0599 e. The number of hydrogen-bond acceptors (Lipinski definition) is 4. The first kappa shape index (κ1) is 12.3. The highest BCUT2D eigenvalue weighted by Gasteiger charge is 2.32. The summed E-state index contributed by atoms with van der Waals surface area (Å²) >= 11 is 0. The summed E-state index contributed by atoms with van der Waals surface area (Å²) in [5, 5.41) is 12.9. The lowest BCUT2D eigenvalue weighted by Gasteiger charge is -2.45. The van der Waals surface area contributed by atoms with Crippen LogP contribution in [0.1, 0.15) is 19.8 Å². The summed E-state index contributed by atoms with van der Waals surface area (Å²) in [4.78, 5) is 4.93. The van der Waals surface area contributed by atoms with Crippen LogP contribution in [0.15, 0.2) is 0 Å². The average molecular weight is 227 g/mol. The molecule has 2 heterocycles. The molecule has 94 valence electrons. The van der Waals surface area contributed by atoms with Gasteiger partial charge in [0.25, 0.3) is 0 Å². The molecule has 4 heteroatoms. The molecule has 2 rings (SSSR count). The first-order chi connectivity index (χ1) is 7.70. The van der Waals surface area contributed by atoms with Crippen LogP contribution in [0.2, 0.25) is 0 Å². The van der Waals surface area contributed by atoms with Gasteiger partial charge in [0, 0.05) is 31.2 Å². The molecule has 2 atom stereocenters. The highest BCUT2D eigenvalue weighted by molar-refractivity contribution is 4.90. The first-order valence-corrected chi connectivity index (χ1v) is 6.49. The average Bonchev–Trinajstić information content (AvgIpc) is 2.30. The quantitative estimate of drug-likeness (QED) is 0.681. The standard InChI is InChI=1S/C12H25N3O/c1-10-8-15(12(9-16)7-13-10)11-3-5-14(2)6-4-11/h10-13,16H,3-9H2,1-2H3. The van der Waals surface area contributed by atoms with E-state index in [-0.39, 0.29) is 6.61 Å². The van der Waals surface area contributed by atoms with Crippen molar-refractivity contribution in [2.45, 2.75) is 37.9 Å². The van der Waals surface area contributed by atoms with Gasteiger partial charge in [0.1, 0.15) is 0 Å². The Morgan fingerprint density at radius 1 is 1.31 bits per heavy atom. The third kappa shape index (κ3) is 2.74. The third-order valence-electron chi connectivity index (χ3n) is 4.02. The summed E-state index contributed by atoms with van der Waals surface area (Å²) in [5.74, 6) is 0. The number of likely N-dealkylation sites (tertiary alicyclic amines) is 1. The molecule has 2 aliphatic heterocycles. The molecule has 0 spiro atoms. The molecule has 0 amide bonds. The Balaban J connectivity index is 1.94. The molecule has 16 heavy (non-hydrogen) atoms.